The summed E-state index contributed by atoms with van der Waals surface area (Å²) in [5.74, 6) is 1.41. The maximum atomic E-state index is 6.25. The van der Waals surface area contributed by atoms with Gasteiger partial charge in [0, 0.05) is 12.0 Å². The van der Waals surface area contributed by atoms with E-state index >= 15 is 0 Å². The molecule has 2 aliphatic heterocycles. The van der Waals surface area contributed by atoms with E-state index in [0.29, 0.717) is 22.0 Å². The number of halogens is 3. The summed E-state index contributed by atoms with van der Waals surface area (Å²) in [5.41, 5.74) is 1.39. The molecule has 3 atom stereocenters. The van der Waals surface area contributed by atoms with E-state index in [2.05, 4.69) is 24.0 Å². The molecular formula is C17H24Cl3N. The van der Waals surface area contributed by atoms with Crippen molar-refractivity contribution in [3.63, 3.8) is 0 Å². The maximum Gasteiger partial charge on any atom is 0.0595 e. The molecule has 0 saturated carbocycles. The number of rotatable bonds is 2. The summed E-state index contributed by atoms with van der Waals surface area (Å²) >= 11 is 12.3. The fourth-order valence-corrected chi connectivity index (χ4v) is 4.51. The van der Waals surface area contributed by atoms with E-state index in [1.54, 1.807) is 0 Å². The average Bonchev–Trinajstić information content (AvgIpc) is 2.49. The number of hydrogen-bond acceptors (Lipinski definition) is 1. The summed E-state index contributed by atoms with van der Waals surface area (Å²) < 4.78 is 0. The van der Waals surface area contributed by atoms with Crippen LogP contribution in [0.2, 0.25) is 10.0 Å². The van der Waals surface area contributed by atoms with E-state index in [9.17, 15) is 0 Å². The van der Waals surface area contributed by atoms with Crippen molar-refractivity contribution >= 4 is 35.6 Å². The van der Waals surface area contributed by atoms with E-state index in [4.69, 9.17) is 23.2 Å². The zero-order valence-electron chi connectivity index (χ0n) is 12.5. The second kappa shape index (κ2) is 7.55. The minimum atomic E-state index is 0. The Morgan fingerprint density at radius 3 is 2.62 bits per heavy atom. The Hall–Kier alpha value is 0.0500. The third-order valence-electron chi connectivity index (χ3n) is 5.23. The molecule has 1 nitrogen and oxygen atoms in total. The second-order valence-corrected chi connectivity index (χ2v) is 7.07. The minimum Gasteiger partial charge on any atom is -0.300 e. The Labute approximate surface area is 144 Å². The van der Waals surface area contributed by atoms with Gasteiger partial charge in [-0.15, -0.1) is 12.4 Å². The van der Waals surface area contributed by atoms with Gasteiger partial charge in [0.1, 0.15) is 0 Å². The molecule has 0 amide bonds. The van der Waals surface area contributed by atoms with E-state index in [1.807, 2.05) is 6.07 Å². The molecule has 0 bridgehead atoms. The molecule has 2 fully saturated rings. The standard InChI is InChI=1S/C17H23Cl2N.ClH/c1-2-12-8-10-20-9-4-3-5-16(20)17(12)13-6-7-14(18)15(19)11-13;/h6-7,11-12,16-17H,2-5,8-10H2,1H3;1H/t12-,16-,17-;/m1./s1. The molecule has 0 unspecified atom stereocenters. The normalized spacial score (nSPS) is 29.6. The number of nitrogens with zero attached hydrogens (tertiary/aromatic N) is 1. The molecular weight excluding hydrogens is 325 g/mol. The average molecular weight is 349 g/mol. The van der Waals surface area contributed by atoms with Gasteiger partial charge < -0.3 is 0 Å². The van der Waals surface area contributed by atoms with Gasteiger partial charge in [-0.05, 0) is 56.0 Å². The van der Waals surface area contributed by atoms with Crippen molar-refractivity contribution in [2.75, 3.05) is 13.1 Å². The molecule has 4 heteroatoms. The van der Waals surface area contributed by atoms with Gasteiger partial charge in [0.05, 0.1) is 10.0 Å². The zero-order valence-corrected chi connectivity index (χ0v) is 14.9. The van der Waals surface area contributed by atoms with Gasteiger partial charge >= 0.3 is 0 Å². The van der Waals surface area contributed by atoms with Crippen molar-refractivity contribution in [1.82, 2.24) is 4.90 Å². The molecule has 1 aromatic rings. The van der Waals surface area contributed by atoms with E-state index in [0.717, 1.165) is 5.92 Å². The van der Waals surface area contributed by atoms with Crippen molar-refractivity contribution < 1.29 is 0 Å². The molecule has 0 radical (unpaired) electrons. The molecule has 2 aliphatic rings. The summed E-state index contributed by atoms with van der Waals surface area (Å²) in [7, 11) is 0. The number of benzene rings is 1. The Bertz CT molecular complexity index is 477. The quantitative estimate of drug-likeness (QED) is 0.654. The van der Waals surface area contributed by atoms with Crippen LogP contribution in [0.15, 0.2) is 18.2 Å². The molecule has 0 spiro atoms. The van der Waals surface area contributed by atoms with E-state index in [-0.39, 0.29) is 12.4 Å². The Morgan fingerprint density at radius 1 is 1.10 bits per heavy atom. The third kappa shape index (κ3) is 3.52. The predicted molar refractivity (Wildman–Crippen MR) is 94.1 cm³/mol. The highest BCUT2D eigenvalue weighted by Crippen LogP contribution is 2.43. The highest BCUT2D eigenvalue weighted by molar-refractivity contribution is 6.42. The lowest BCUT2D eigenvalue weighted by Gasteiger charge is -2.48. The van der Waals surface area contributed by atoms with Gasteiger partial charge in [0.15, 0.2) is 0 Å². The summed E-state index contributed by atoms with van der Waals surface area (Å²) in [6.07, 6.45) is 6.64. The van der Waals surface area contributed by atoms with Gasteiger partial charge in [-0.25, -0.2) is 0 Å². The fourth-order valence-electron chi connectivity index (χ4n) is 4.20. The monoisotopic (exact) mass is 347 g/mol. The van der Waals surface area contributed by atoms with Crippen LogP contribution in [0.4, 0.5) is 0 Å². The summed E-state index contributed by atoms with van der Waals surface area (Å²) in [6.45, 7) is 4.88. The third-order valence-corrected chi connectivity index (χ3v) is 5.97. The lowest BCUT2D eigenvalue weighted by molar-refractivity contribution is 0.0547. The molecule has 21 heavy (non-hydrogen) atoms. The van der Waals surface area contributed by atoms with Crippen LogP contribution in [0.5, 0.6) is 0 Å². The first-order valence-electron chi connectivity index (χ1n) is 7.89. The van der Waals surface area contributed by atoms with Gasteiger partial charge in [0.25, 0.3) is 0 Å². The SMILES string of the molecule is CC[C@@H]1CCN2CCCC[C@@H]2[C@H]1c1ccc(Cl)c(Cl)c1.Cl. The van der Waals surface area contributed by atoms with Crippen LogP contribution in [0.3, 0.4) is 0 Å². The van der Waals surface area contributed by atoms with Crippen molar-refractivity contribution in [2.24, 2.45) is 5.92 Å². The summed E-state index contributed by atoms with van der Waals surface area (Å²) in [5, 5.41) is 1.37. The Morgan fingerprint density at radius 2 is 1.90 bits per heavy atom. The first-order valence-corrected chi connectivity index (χ1v) is 8.65. The number of piperidine rings is 2. The lowest BCUT2D eigenvalue weighted by atomic mass is 9.72. The molecule has 1 aromatic carbocycles. The first kappa shape index (κ1) is 17.4. The maximum absolute atomic E-state index is 6.25. The Balaban J connectivity index is 0.00000161. The second-order valence-electron chi connectivity index (χ2n) is 6.26. The van der Waals surface area contributed by atoms with Crippen LogP contribution in [0.1, 0.15) is 50.5 Å². The Kier molecular flexibility index (Phi) is 6.25. The molecule has 2 heterocycles. The van der Waals surface area contributed by atoms with Crippen molar-refractivity contribution in [3.8, 4) is 0 Å². The van der Waals surface area contributed by atoms with Crippen LogP contribution in [0, 0.1) is 5.92 Å². The minimum absolute atomic E-state index is 0. The van der Waals surface area contributed by atoms with Crippen LogP contribution in [-0.4, -0.2) is 24.0 Å². The van der Waals surface area contributed by atoms with Crippen molar-refractivity contribution in [2.45, 2.75) is 51.0 Å². The van der Waals surface area contributed by atoms with Gasteiger partial charge in [-0.1, -0.05) is 49.0 Å². The van der Waals surface area contributed by atoms with Crippen LogP contribution in [-0.2, 0) is 0 Å². The largest absolute Gasteiger partial charge is 0.300 e. The van der Waals surface area contributed by atoms with Crippen molar-refractivity contribution in [1.29, 1.82) is 0 Å². The molecule has 0 N–H and O–H groups in total. The van der Waals surface area contributed by atoms with E-state index < -0.39 is 0 Å². The highest BCUT2D eigenvalue weighted by Gasteiger charge is 2.39. The molecule has 2 saturated heterocycles. The van der Waals surface area contributed by atoms with Crippen LogP contribution < -0.4 is 0 Å². The first-order chi connectivity index (χ1) is 9.70. The lowest BCUT2D eigenvalue weighted by Crippen LogP contribution is -2.50. The van der Waals surface area contributed by atoms with Gasteiger partial charge in [0.2, 0.25) is 0 Å². The fraction of sp³-hybridized carbons (Fsp3) is 0.647. The zero-order chi connectivity index (χ0) is 14.1. The summed E-state index contributed by atoms with van der Waals surface area (Å²) in [6, 6.07) is 6.97. The number of fused-ring (bicyclic) bond motifs is 1. The molecule has 3 rings (SSSR count). The molecule has 118 valence electrons. The van der Waals surface area contributed by atoms with Gasteiger partial charge in [-0.3, -0.25) is 4.90 Å². The number of hydrogen-bond donors (Lipinski definition) is 0. The highest BCUT2D eigenvalue weighted by atomic mass is 35.5. The van der Waals surface area contributed by atoms with Crippen molar-refractivity contribution in [3.05, 3.63) is 33.8 Å². The van der Waals surface area contributed by atoms with Crippen LogP contribution in [0.25, 0.3) is 0 Å². The van der Waals surface area contributed by atoms with Crippen LogP contribution >= 0.6 is 35.6 Å². The smallest absolute Gasteiger partial charge is 0.0595 e. The molecule has 0 aromatic heterocycles. The topological polar surface area (TPSA) is 3.24 Å². The molecule has 0 aliphatic carbocycles. The van der Waals surface area contributed by atoms with E-state index in [1.165, 1.54) is 50.8 Å². The predicted octanol–water partition coefficient (Wildman–Crippen LogP) is 5.78. The van der Waals surface area contributed by atoms with Gasteiger partial charge in [-0.2, -0.15) is 0 Å². The summed E-state index contributed by atoms with van der Waals surface area (Å²) in [4.78, 5) is 2.71.